The Morgan fingerprint density at radius 1 is 1.10 bits per heavy atom. The van der Waals surface area contributed by atoms with Crippen molar-refractivity contribution in [2.24, 2.45) is 5.92 Å². The average Bonchev–Trinajstić information content (AvgIpc) is 3.41. The Labute approximate surface area is 173 Å². The number of hydrogen-bond donors (Lipinski definition) is 1. The number of hydrogen-bond acceptors (Lipinski definition) is 2. The number of halogens is 2. The van der Waals surface area contributed by atoms with Gasteiger partial charge in [0.25, 0.3) is 0 Å². The van der Waals surface area contributed by atoms with Gasteiger partial charge in [0.05, 0.1) is 0 Å². The molecule has 0 unspecified atom stereocenters. The van der Waals surface area contributed by atoms with Gasteiger partial charge in [-0.25, -0.2) is 13.8 Å². The molecule has 2 heterocycles. The van der Waals surface area contributed by atoms with E-state index in [9.17, 15) is 13.6 Å². The van der Waals surface area contributed by atoms with Gasteiger partial charge in [0.1, 0.15) is 17.5 Å². The lowest BCUT2D eigenvalue weighted by molar-refractivity contribution is -0.125. The Hall–Kier alpha value is -3.02. The normalized spacial score (nSPS) is 19.2. The summed E-state index contributed by atoms with van der Waals surface area (Å²) in [4.78, 5) is 17.4. The summed E-state index contributed by atoms with van der Waals surface area (Å²) in [5, 5.41) is 2.98. The third-order valence-electron chi connectivity index (χ3n) is 6.45. The lowest BCUT2D eigenvalue weighted by Crippen LogP contribution is -2.39. The van der Waals surface area contributed by atoms with Gasteiger partial charge >= 0.3 is 0 Å². The molecule has 1 atom stereocenters. The number of fused-ring (bicyclic) bond motifs is 1. The molecule has 1 amide bonds. The second kappa shape index (κ2) is 7.35. The molecule has 1 aromatic heterocycles. The number of nitrogens with one attached hydrogen (secondary N) is 1. The molecule has 5 rings (SSSR count). The highest BCUT2D eigenvalue weighted by molar-refractivity contribution is 5.79. The maximum atomic E-state index is 14.2. The van der Waals surface area contributed by atoms with Crippen LogP contribution in [0.3, 0.4) is 0 Å². The molecule has 3 aromatic rings. The summed E-state index contributed by atoms with van der Waals surface area (Å²) in [6, 6.07) is 14.0. The third-order valence-corrected chi connectivity index (χ3v) is 6.45. The van der Waals surface area contributed by atoms with Crippen LogP contribution in [0.25, 0.3) is 11.4 Å². The molecule has 1 aliphatic heterocycles. The summed E-state index contributed by atoms with van der Waals surface area (Å²) < 4.78 is 30.6. The molecule has 2 aliphatic rings. The Kier molecular flexibility index (Phi) is 4.65. The number of carbonyl (C=O) groups is 1. The number of imidazole rings is 1. The fraction of sp³-hybridized carbons (Fsp3) is 0.333. The zero-order valence-corrected chi connectivity index (χ0v) is 16.6. The van der Waals surface area contributed by atoms with E-state index >= 15 is 0 Å². The van der Waals surface area contributed by atoms with Gasteiger partial charge in [0.15, 0.2) is 0 Å². The van der Waals surface area contributed by atoms with Gasteiger partial charge in [-0.1, -0.05) is 36.4 Å². The standard InChI is InChI=1S/C24H23F2N3O/c25-19-7-4-8-20(26)21(19)24(10-11-24)15-28-23(30)17-9-12-29-18(13-17)14-27-22(29)16-5-2-1-3-6-16/h1-8,14,17H,9-13,15H2,(H,28,30)/t17-/m0/s1. The van der Waals surface area contributed by atoms with Crippen LogP contribution in [-0.4, -0.2) is 22.0 Å². The van der Waals surface area contributed by atoms with Crippen LogP contribution in [0.4, 0.5) is 8.78 Å². The molecular formula is C24H23F2N3O. The number of carbonyl (C=O) groups excluding carboxylic acids is 1. The zero-order chi connectivity index (χ0) is 20.7. The number of nitrogens with zero attached hydrogens (tertiary/aromatic N) is 2. The van der Waals surface area contributed by atoms with Crippen LogP contribution in [-0.2, 0) is 23.2 Å². The van der Waals surface area contributed by atoms with Crippen molar-refractivity contribution in [1.29, 1.82) is 0 Å². The lowest BCUT2D eigenvalue weighted by atomic mass is 9.92. The van der Waals surface area contributed by atoms with Crippen LogP contribution in [0.15, 0.2) is 54.7 Å². The molecule has 30 heavy (non-hydrogen) atoms. The van der Waals surface area contributed by atoms with E-state index in [2.05, 4.69) is 14.9 Å². The van der Waals surface area contributed by atoms with Crippen molar-refractivity contribution >= 4 is 5.91 Å². The Balaban J connectivity index is 1.26. The molecule has 0 saturated heterocycles. The molecule has 4 nitrogen and oxygen atoms in total. The summed E-state index contributed by atoms with van der Waals surface area (Å²) >= 11 is 0. The molecule has 0 spiro atoms. The van der Waals surface area contributed by atoms with E-state index in [1.165, 1.54) is 18.2 Å². The molecule has 2 aromatic carbocycles. The maximum Gasteiger partial charge on any atom is 0.223 e. The summed E-state index contributed by atoms with van der Waals surface area (Å²) in [5.74, 6) is -0.337. The molecule has 0 bridgehead atoms. The number of amides is 1. The summed E-state index contributed by atoms with van der Waals surface area (Å²) in [7, 11) is 0. The Morgan fingerprint density at radius 2 is 1.83 bits per heavy atom. The van der Waals surface area contributed by atoms with Crippen LogP contribution in [0, 0.1) is 17.6 Å². The molecule has 1 saturated carbocycles. The molecule has 154 valence electrons. The first-order chi connectivity index (χ1) is 14.6. The molecule has 1 aliphatic carbocycles. The van der Waals surface area contributed by atoms with Crippen molar-refractivity contribution in [1.82, 2.24) is 14.9 Å². The van der Waals surface area contributed by atoms with Crippen molar-refractivity contribution in [3.8, 4) is 11.4 Å². The van der Waals surface area contributed by atoms with Crippen molar-refractivity contribution in [3.05, 3.63) is 77.6 Å². The highest BCUT2D eigenvalue weighted by Gasteiger charge is 2.48. The van der Waals surface area contributed by atoms with E-state index in [4.69, 9.17) is 0 Å². The fourth-order valence-corrected chi connectivity index (χ4v) is 4.58. The Bertz CT molecular complexity index is 1070. The minimum Gasteiger partial charge on any atom is -0.355 e. The smallest absolute Gasteiger partial charge is 0.223 e. The van der Waals surface area contributed by atoms with Gasteiger partial charge < -0.3 is 9.88 Å². The van der Waals surface area contributed by atoms with Crippen molar-refractivity contribution in [2.45, 2.75) is 37.6 Å². The van der Waals surface area contributed by atoms with E-state index in [1.54, 1.807) is 0 Å². The number of rotatable bonds is 5. The average molecular weight is 407 g/mol. The van der Waals surface area contributed by atoms with Crippen LogP contribution >= 0.6 is 0 Å². The van der Waals surface area contributed by atoms with E-state index in [0.717, 1.165) is 30.0 Å². The SMILES string of the molecule is O=C(NCC1(c2c(F)cccc2F)CC1)[C@H]1CCn2c(cnc2-c2ccccc2)C1. The minimum atomic E-state index is -0.609. The maximum absolute atomic E-state index is 14.2. The van der Waals surface area contributed by atoms with Crippen molar-refractivity contribution in [2.75, 3.05) is 6.54 Å². The molecule has 1 fully saturated rings. The van der Waals surface area contributed by atoms with Crippen LogP contribution in [0.2, 0.25) is 0 Å². The van der Waals surface area contributed by atoms with E-state index in [0.29, 0.717) is 19.3 Å². The van der Waals surface area contributed by atoms with Crippen LogP contribution in [0.5, 0.6) is 0 Å². The monoisotopic (exact) mass is 407 g/mol. The van der Waals surface area contributed by atoms with Crippen LogP contribution < -0.4 is 5.32 Å². The van der Waals surface area contributed by atoms with Gasteiger partial charge in [0, 0.05) is 53.9 Å². The first-order valence-electron chi connectivity index (χ1n) is 10.4. The van der Waals surface area contributed by atoms with Gasteiger partial charge in [0.2, 0.25) is 5.91 Å². The quantitative estimate of drug-likeness (QED) is 0.688. The van der Waals surface area contributed by atoms with Gasteiger partial charge in [-0.3, -0.25) is 4.79 Å². The highest BCUT2D eigenvalue weighted by Crippen LogP contribution is 2.49. The molecule has 1 N–H and O–H groups in total. The summed E-state index contributed by atoms with van der Waals surface area (Å²) in [5.41, 5.74) is 1.61. The first-order valence-corrected chi connectivity index (χ1v) is 10.4. The van der Waals surface area contributed by atoms with Crippen molar-refractivity contribution < 1.29 is 13.6 Å². The largest absolute Gasteiger partial charge is 0.355 e. The third kappa shape index (κ3) is 3.30. The molecule has 6 heteroatoms. The zero-order valence-electron chi connectivity index (χ0n) is 16.6. The second-order valence-corrected chi connectivity index (χ2v) is 8.38. The minimum absolute atomic E-state index is 0.0493. The number of benzene rings is 2. The first kappa shape index (κ1) is 19.0. The second-order valence-electron chi connectivity index (χ2n) is 8.38. The highest BCUT2D eigenvalue weighted by atomic mass is 19.1. The van der Waals surface area contributed by atoms with Gasteiger partial charge in [-0.05, 0) is 31.4 Å². The van der Waals surface area contributed by atoms with Gasteiger partial charge in [-0.2, -0.15) is 0 Å². The lowest BCUT2D eigenvalue weighted by Gasteiger charge is -2.25. The summed E-state index contributed by atoms with van der Waals surface area (Å²) in [6.45, 7) is 0.999. The fourth-order valence-electron chi connectivity index (χ4n) is 4.58. The van der Waals surface area contributed by atoms with E-state index < -0.39 is 17.0 Å². The number of aromatic nitrogens is 2. The van der Waals surface area contributed by atoms with Crippen molar-refractivity contribution in [3.63, 3.8) is 0 Å². The summed E-state index contributed by atoms with van der Waals surface area (Å²) in [6.07, 6.45) is 4.55. The topological polar surface area (TPSA) is 46.9 Å². The van der Waals surface area contributed by atoms with Gasteiger partial charge in [-0.15, -0.1) is 0 Å². The molecule has 0 radical (unpaired) electrons. The Morgan fingerprint density at radius 3 is 2.53 bits per heavy atom. The van der Waals surface area contributed by atoms with Crippen LogP contribution in [0.1, 0.15) is 30.5 Å². The predicted octanol–water partition coefficient (Wildman–Crippen LogP) is 4.24. The van der Waals surface area contributed by atoms with E-state index in [1.807, 2.05) is 36.5 Å². The molecular weight excluding hydrogens is 384 g/mol. The van der Waals surface area contributed by atoms with E-state index in [-0.39, 0.29) is 23.9 Å². The predicted molar refractivity (Wildman–Crippen MR) is 110 cm³/mol.